The highest BCUT2D eigenvalue weighted by Gasteiger charge is 2.65. The molecule has 2 aliphatic heterocycles. The molecule has 4 rings (SSSR count). The van der Waals surface area contributed by atoms with Crippen molar-refractivity contribution in [2.75, 3.05) is 26.9 Å². The van der Waals surface area contributed by atoms with Crippen LogP contribution in [-0.2, 0) is 35.0 Å². The first-order valence-corrected chi connectivity index (χ1v) is 11.7. The molecule has 184 valence electrons. The standard InChI is InChI=1S/C27H29NO7/c1-4-33-25(30)27(26(31)34-5-2)22(15-12-18-10-13-20(14-11-18)24(29)32-3)28-17-16-19-8-6-7-9-21(19)23(28)35-27/h6-15,22-23H,4-5,16-17H2,1-3H3/b15-12+/t22-,23+/m0/s1. The molecule has 0 aliphatic carbocycles. The number of hydrogen-bond acceptors (Lipinski definition) is 8. The third kappa shape index (κ3) is 4.47. The van der Waals surface area contributed by atoms with Crippen molar-refractivity contribution in [2.24, 2.45) is 0 Å². The Labute approximate surface area is 204 Å². The van der Waals surface area contributed by atoms with Gasteiger partial charge in [-0.05, 0) is 49.1 Å². The number of ether oxygens (including phenoxy) is 4. The van der Waals surface area contributed by atoms with Crippen molar-refractivity contribution in [1.82, 2.24) is 4.90 Å². The minimum atomic E-state index is -1.98. The van der Waals surface area contributed by atoms with E-state index >= 15 is 0 Å². The fraction of sp³-hybridized carbons (Fsp3) is 0.370. The third-order valence-corrected chi connectivity index (χ3v) is 6.29. The molecule has 2 atom stereocenters. The van der Waals surface area contributed by atoms with Crippen LogP contribution in [-0.4, -0.2) is 61.3 Å². The molecule has 0 amide bonds. The Bertz CT molecular complexity index is 1110. The van der Waals surface area contributed by atoms with Crippen LogP contribution < -0.4 is 0 Å². The van der Waals surface area contributed by atoms with Crippen molar-refractivity contribution < 1.29 is 33.3 Å². The molecule has 35 heavy (non-hydrogen) atoms. The normalized spacial score (nSPS) is 20.7. The Balaban J connectivity index is 1.77. The van der Waals surface area contributed by atoms with Crippen molar-refractivity contribution in [1.29, 1.82) is 0 Å². The van der Waals surface area contributed by atoms with E-state index in [1.54, 1.807) is 50.3 Å². The highest BCUT2D eigenvalue weighted by Crippen LogP contribution is 2.46. The monoisotopic (exact) mass is 479 g/mol. The molecule has 0 N–H and O–H groups in total. The summed E-state index contributed by atoms with van der Waals surface area (Å²) in [5.41, 5.74) is 1.25. The van der Waals surface area contributed by atoms with Gasteiger partial charge in [-0.25, -0.2) is 14.4 Å². The Morgan fingerprint density at radius 3 is 2.31 bits per heavy atom. The zero-order valence-electron chi connectivity index (χ0n) is 20.1. The van der Waals surface area contributed by atoms with Gasteiger partial charge in [-0.15, -0.1) is 0 Å². The largest absolute Gasteiger partial charge is 0.465 e. The number of esters is 3. The maximum absolute atomic E-state index is 13.4. The van der Waals surface area contributed by atoms with Gasteiger partial charge in [-0.3, -0.25) is 4.90 Å². The fourth-order valence-corrected chi connectivity index (χ4v) is 4.64. The van der Waals surface area contributed by atoms with Gasteiger partial charge in [0, 0.05) is 6.54 Å². The van der Waals surface area contributed by atoms with Gasteiger partial charge in [0.2, 0.25) is 0 Å². The number of methoxy groups -OCH3 is 1. The van der Waals surface area contributed by atoms with Crippen molar-refractivity contribution in [2.45, 2.75) is 38.1 Å². The van der Waals surface area contributed by atoms with Gasteiger partial charge >= 0.3 is 17.9 Å². The lowest BCUT2D eigenvalue weighted by molar-refractivity contribution is -0.189. The molecule has 8 heteroatoms. The van der Waals surface area contributed by atoms with Crippen LogP contribution in [0.2, 0.25) is 0 Å². The van der Waals surface area contributed by atoms with Crippen LogP contribution in [0, 0.1) is 0 Å². The first kappa shape index (κ1) is 24.6. The lowest BCUT2D eigenvalue weighted by Gasteiger charge is -2.33. The second kappa shape index (κ2) is 10.4. The van der Waals surface area contributed by atoms with E-state index in [9.17, 15) is 14.4 Å². The highest BCUT2D eigenvalue weighted by atomic mass is 16.6. The molecule has 0 aromatic heterocycles. The smallest absolute Gasteiger partial charge is 0.352 e. The molecule has 1 fully saturated rings. The van der Waals surface area contributed by atoms with Gasteiger partial charge in [0.15, 0.2) is 0 Å². The zero-order valence-corrected chi connectivity index (χ0v) is 20.1. The number of carbonyl (C=O) groups excluding carboxylic acids is 3. The van der Waals surface area contributed by atoms with E-state index < -0.39 is 35.8 Å². The van der Waals surface area contributed by atoms with E-state index in [-0.39, 0.29) is 13.2 Å². The summed E-state index contributed by atoms with van der Waals surface area (Å²) in [6, 6.07) is 13.9. The second-order valence-corrected chi connectivity index (χ2v) is 8.25. The summed E-state index contributed by atoms with van der Waals surface area (Å²) in [7, 11) is 1.33. The Kier molecular flexibility index (Phi) is 7.33. The lowest BCUT2D eigenvalue weighted by atomic mass is 9.91. The average molecular weight is 480 g/mol. The quantitative estimate of drug-likeness (QED) is 0.339. The number of carbonyl (C=O) groups is 3. The summed E-state index contributed by atoms with van der Waals surface area (Å²) < 4.78 is 21.8. The summed E-state index contributed by atoms with van der Waals surface area (Å²) in [4.78, 5) is 40.4. The molecule has 2 aromatic rings. The molecule has 0 bridgehead atoms. The number of rotatable bonds is 7. The van der Waals surface area contributed by atoms with Crippen LogP contribution in [0.15, 0.2) is 54.6 Å². The summed E-state index contributed by atoms with van der Waals surface area (Å²) in [6.45, 7) is 4.13. The first-order chi connectivity index (χ1) is 17.0. The molecule has 2 aromatic carbocycles. The molecule has 0 radical (unpaired) electrons. The Morgan fingerprint density at radius 1 is 1.03 bits per heavy atom. The third-order valence-electron chi connectivity index (χ3n) is 6.29. The van der Waals surface area contributed by atoms with Gasteiger partial charge < -0.3 is 18.9 Å². The average Bonchev–Trinajstić information content (AvgIpc) is 3.23. The van der Waals surface area contributed by atoms with E-state index in [0.29, 0.717) is 12.1 Å². The molecular weight excluding hydrogens is 450 g/mol. The van der Waals surface area contributed by atoms with E-state index in [0.717, 1.165) is 23.1 Å². The van der Waals surface area contributed by atoms with Crippen molar-refractivity contribution in [3.8, 4) is 0 Å². The maximum Gasteiger partial charge on any atom is 0.352 e. The minimum absolute atomic E-state index is 0.0933. The van der Waals surface area contributed by atoms with Gasteiger partial charge in [0.1, 0.15) is 6.23 Å². The van der Waals surface area contributed by atoms with E-state index in [2.05, 4.69) is 0 Å². The van der Waals surface area contributed by atoms with Gasteiger partial charge in [0.25, 0.3) is 5.60 Å². The highest BCUT2D eigenvalue weighted by molar-refractivity contribution is 6.05. The SMILES string of the molecule is CCOC(=O)C1(C(=O)OCC)O[C@@H]2c3ccccc3CCN2[C@H]1/C=C/c1ccc(C(=O)OC)cc1. The Hall–Kier alpha value is -3.49. The summed E-state index contributed by atoms with van der Waals surface area (Å²) in [5, 5.41) is 0. The van der Waals surface area contributed by atoms with E-state index in [1.807, 2.05) is 29.2 Å². The first-order valence-electron chi connectivity index (χ1n) is 11.7. The maximum atomic E-state index is 13.4. The summed E-state index contributed by atoms with van der Waals surface area (Å²) in [6.07, 6.45) is 3.71. The van der Waals surface area contributed by atoms with Gasteiger partial charge in [0.05, 0.1) is 31.9 Å². The second-order valence-electron chi connectivity index (χ2n) is 8.25. The van der Waals surface area contributed by atoms with Gasteiger partial charge in [-0.1, -0.05) is 48.6 Å². The van der Waals surface area contributed by atoms with Gasteiger partial charge in [-0.2, -0.15) is 0 Å². The molecule has 2 heterocycles. The minimum Gasteiger partial charge on any atom is -0.465 e. The predicted octanol–water partition coefficient (Wildman–Crippen LogP) is 3.31. The molecule has 8 nitrogen and oxygen atoms in total. The number of benzene rings is 2. The number of hydrogen-bond donors (Lipinski definition) is 0. The van der Waals surface area contributed by atoms with Crippen LogP contribution in [0.3, 0.4) is 0 Å². The molecule has 0 spiro atoms. The lowest BCUT2D eigenvalue weighted by Crippen LogP contribution is -2.57. The Morgan fingerprint density at radius 2 is 1.69 bits per heavy atom. The van der Waals surface area contributed by atoms with Crippen LogP contribution in [0.1, 0.15) is 47.1 Å². The molecule has 1 saturated heterocycles. The molecule has 0 saturated carbocycles. The van der Waals surface area contributed by atoms with Crippen LogP contribution in [0.4, 0.5) is 0 Å². The molecular formula is C27H29NO7. The predicted molar refractivity (Wildman–Crippen MR) is 127 cm³/mol. The van der Waals surface area contributed by atoms with Crippen molar-refractivity contribution >= 4 is 24.0 Å². The fourth-order valence-electron chi connectivity index (χ4n) is 4.64. The molecule has 2 aliphatic rings. The van der Waals surface area contributed by atoms with E-state index in [1.165, 1.54) is 7.11 Å². The van der Waals surface area contributed by atoms with Crippen molar-refractivity contribution in [3.05, 3.63) is 76.9 Å². The van der Waals surface area contributed by atoms with E-state index in [4.69, 9.17) is 18.9 Å². The number of fused-ring (bicyclic) bond motifs is 3. The topological polar surface area (TPSA) is 91.4 Å². The number of nitrogens with zero attached hydrogens (tertiary/aromatic N) is 1. The van der Waals surface area contributed by atoms with Crippen LogP contribution >= 0.6 is 0 Å². The summed E-state index contributed by atoms with van der Waals surface area (Å²) >= 11 is 0. The molecule has 0 unspecified atom stereocenters. The zero-order chi connectivity index (χ0) is 25.0. The van der Waals surface area contributed by atoms with Crippen LogP contribution in [0.25, 0.3) is 6.08 Å². The van der Waals surface area contributed by atoms with Crippen molar-refractivity contribution in [3.63, 3.8) is 0 Å². The van der Waals surface area contributed by atoms with Crippen LogP contribution in [0.5, 0.6) is 0 Å². The summed E-state index contributed by atoms with van der Waals surface area (Å²) in [5.74, 6) is -1.98.